The van der Waals surface area contributed by atoms with Gasteiger partial charge in [0.05, 0.1) is 11.4 Å². The molecular formula is C18H21N3O2. The van der Waals surface area contributed by atoms with Crippen LogP contribution in [0.5, 0.6) is 0 Å². The third-order valence-electron chi connectivity index (χ3n) is 4.40. The van der Waals surface area contributed by atoms with Crippen molar-refractivity contribution in [3.63, 3.8) is 0 Å². The molecule has 1 saturated carbocycles. The summed E-state index contributed by atoms with van der Waals surface area (Å²) in [5.41, 5.74) is 2.83. The molecule has 0 unspecified atom stereocenters. The van der Waals surface area contributed by atoms with Crippen molar-refractivity contribution in [2.24, 2.45) is 7.05 Å². The topological polar surface area (TPSA) is 56.0 Å². The second-order valence-corrected chi connectivity index (χ2v) is 5.88. The number of nitrogens with one attached hydrogen (secondary N) is 1. The van der Waals surface area contributed by atoms with Crippen LogP contribution >= 0.6 is 0 Å². The molecule has 120 valence electrons. The summed E-state index contributed by atoms with van der Waals surface area (Å²) in [5, 5.41) is 3.08. The lowest BCUT2D eigenvalue weighted by Crippen LogP contribution is -2.20. The third-order valence-corrected chi connectivity index (χ3v) is 4.40. The van der Waals surface area contributed by atoms with E-state index in [1.165, 1.54) is 0 Å². The highest BCUT2D eigenvalue weighted by molar-refractivity contribution is 5.96. The Morgan fingerprint density at radius 1 is 1.09 bits per heavy atom. The van der Waals surface area contributed by atoms with Gasteiger partial charge in [0, 0.05) is 25.2 Å². The Morgan fingerprint density at radius 3 is 2.48 bits per heavy atom. The molecule has 0 atom stereocenters. The van der Waals surface area contributed by atoms with Gasteiger partial charge < -0.3 is 5.32 Å². The van der Waals surface area contributed by atoms with E-state index in [2.05, 4.69) is 5.32 Å². The Balaban J connectivity index is 1.97. The molecule has 1 aromatic heterocycles. The van der Waals surface area contributed by atoms with Crippen LogP contribution in [0.2, 0.25) is 0 Å². The Morgan fingerprint density at radius 2 is 1.78 bits per heavy atom. The van der Waals surface area contributed by atoms with Gasteiger partial charge >= 0.3 is 0 Å². The van der Waals surface area contributed by atoms with E-state index in [4.69, 9.17) is 0 Å². The van der Waals surface area contributed by atoms with Gasteiger partial charge in [-0.1, -0.05) is 18.2 Å². The molecule has 3 rings (SSSR count). The molecule has 5 heteroatoms. The molecule has 1 aliphatic carbocycles. The van der Waals surface area contributed by atoms with E-state index in [9.17, 15) is 9.59 Å². The van der Waals surface area contributed by atoms with Crippen LogP contribution in [0.25, 0.3) is 5.69 Å². The van der Waals surface area contributed by atoms with E-state index in [0.29, 0.717) is 12.1 Å². The van der Waals surface area contributed by atoms with Crippen LogP contribution in [0.1, 0.15) is 31.4 Å². The molecule has 0 amide bonds. The Kier molecular flexibility index (Phi) is 4.19. The van der Waals surface area contributed by atoms with Gasteiger partial charge in [-0.25, -0.2) is 4.68 Å². The van der Waals surface area contributed by atoms with Crippen molar-refractivity contribution in [2.45, 2.75) is 32.6 Å². The number of allylic oxidation sites excluding steroid dienone is 1. The monoisotopic (exact) mass is 311 g/mol. The number of hydrogen-bond donors (Lipinski definition) is 1. The number of carbonyl (C=O) groups excluding carboxylic acids is 1. The fourth-order valence-electron chi connectivity index (χ4n) is 2.95. The predicted octanol–water partition coefficient (Wildman–Crippen LogP) is 2.92. The summed E-state index contributed by atoms with van der Waals surface area (Å²) in [6.45, 7) is 1.89. The van der Waals surface area contributed by atoms with Crippen LogP contribution in [0, 0.1) is 6.92 Å². The van der Waals surface area contributed by atoms with Crippen molar-refractivity contribution in [3.8, 4) is 5.69 Å². The summed E-state index contributed by atoms with van der Waals surface area (Å²) >= 11 is 0. The summed E-state index contributed by atoms with van der Waals surface area (Å²) in [5.74, 6) is 0.181. The van der Waals surface area contributed by atoms with E-state index in [0.717, 1.165) is 36.2 Å². The van der Waals surface area contributed by atoms with Gasteiger partial charge in [-0.2, -0.15) is 0 Å². The standard InChI is InChI=1S/C18H21N3O2/c1-13-17(19-12-14-8-6-7-11-16(14)22)18(23)21(20(13)2)15-9-4-3-5-10-15/h3-5,9-10,12,19H,6-8,11H2,1-2H3. The SMILES string of the molecule is Cc1c(NC=C2CCCCC2=O)c(=O)n(-c2ccccc2)n1C. The van der Waals surface area contributed by atoms with Gasteiger partial charge in [0.15, 0.2) is 5.78 Å². The van der Waals surface area contributed by atoms with Crippen LogP contribution in [0.3, 0.4) is 0 Å². The molecule has 1 aliphatic rings. The molecule has 5 nitrogen and oxygen atoms in total. The Labute approximate surface area is 135 Å². The minimum atomic E-state index is -0.115. The van der Waals surface area contributed by atoms with Crippen LogP contribution < -0.4 is 10.9 Å². The van der Waals surface area contributed by atoms with Crippen molar-refractivity contribution in [1.82, 2.24) is 9.36 Å². The van der Waals surface area contributed by atoms with Crippen molar-refractivity contribution in [2.75, 3.05) is 5.32 Å². The van der Waals surface area contributed by atoms with E-state index >= 15 is 0 Å². The number of carbonyl (C=O) groups is 1. The number of hydrogen-bond acceptors (Lipinski definition) is 3. The van der Waals surface area contributed by atoms with Gasteiger partial charge in [-0.3, -0.25) is 14.3 Å². The van der Waals surface area contributed by atoms with Crippen molar-refractivity contribution >= 4 is 11.5 Å². The molecule has 1 N–H and O–H groups in total. The highest BCUT2D eigenvalue weighted by Crippen LogP contribution is 2.20. The predicted molar refractivity (Wildman–Crippen MR) is 90.9 cm³/mol. The van der Waals surface area contributed by atoms with Crippen molar-refractivity contribution in [3.05, 3.63) is 58.2 Å². The zero-order valence-corrected chi connectivity index (χ0v) is 13.5. The minimum Gasteiger partial charge on any atom is -0.355 e. The first-order chi connectivity index (χ1) is 11.1. The molecular weight excluding hydrogens is 290 g/mol. The van der Waals surface area contributed by atoms with Crippen LogP contribution in [0.15, 0.2) is 46.9 Å². The molecule has 1 aromatic carbocycles. The summed E-state index contributed by atoms with van der Waals surface area (Å²) < 4.78 is 3.44. The van der Waals surface area contributed by atoms with E-state index in [1.807, 2.05) is 49.0 Å². The number of rotatable bonds is 3. The second-order valence-electron chi connectivity index (χ2n) is 5.88. The molecule has 0 spiro atoms. The third kappa shape index (κ3) is 2.86. The number of ketones is 1. The Hall–Kier alpha value is -2.56. The maximum atomic E-state index is 12.7. The fraction of sp³-hybridized carbons (Fsp3) is 0.333. The maximum Gasteiger partial charge on any atom is 0.295 e. The maximum absolute atomic E-state index is 12.7. The molecule has 0 bridgehead atoms. The smallest absolute Gasteiger partial charge is 0.295 e. The van der Waals surface area contributed by atoms with E-state index in [-0.39, 0.29) is 11.3 Å². The molecule has 0 radical (unpaired) electrons. The highest BCUT2D eigenvalue weighted by atomic mass is 16.1. The average molecular weight is 311 g/mol. The number of para-hydroxylation sites is 1. The minimum absolute atomic E-state index is 0.115. The summed E-state index contributed by atoms with van der Waals surface area (Å²) in [6, 6.07) is 9.52. The zero-order chi connectivity index (χ0) is 16.4. The summed E-state index contributed by atoms with van der Waals surface area (Å²) in [7, 11) is 1.85. The average Bonchev–Trinajstić information content (AvgIpc) is 2.78. The lowest BCUT2D eigenvalue weighted by Gasteiger charge is -2.12. The summed E-state index contributed by atoms with van der Waals surface area (Å²) in [6.07, 6.45) is 5.09. The Bertz CT molecular complexity index is 813. The van der Waals surface area contributed by atoms with E-state index < -0.39 is 0 Å². The van der Waals surface area contributed by atoms with Gasteiger partial charge in [0.25, 0.3) is 5.56 Å². The molecule has 2 aromatic rings. The number of Topliss-reactive ketones (excluding diaryl/α,β-unsaturated/α-hetero) is 1. The normalized spacial score (nSPS) is 16.8. The van der Waals surface area contributed by atoms with Crippen LogP contribution in [-0.4, -0.2) is 15.1 Å². The lowest BCUT2D eigenvalue weighted by molar-refractivity contribution is -0.116. The first-order valence-electron chi connectivity index (χ1n) is 7.92. The van der Waals surface area contributed by atoms with Crippen LogP contribution in [0.4, 0.5) is 5.69 Å². The van der Waals surface area contributed by atoms with Gasteiger partial charge in [0.1, 0.15) is 5.69 Å². The van der Waals surface area contributed by atoms with Crippen LogP contribution in [-0.2, 0) is 11.8 Å². The molecule has 0 saturated heterocycles. The van der Waals surface area contributed by atoms with Gasteiger partial charge in [-0.05, 0) is 38.3 Å². The first kappa shape index (κ1) is 15.3. The van der Waals surface area contributed by atoms with Gasteiger partial charge in [0.2, 0.25) is 0 Å². The number of aromatic nitrogens is 2. The summed E-state index contributed by atoms with van der Waals surface area (Å²) in [4.78, 5) is 24.6. The number of nitrogens with zero attached hydrogens (tertiary/aromatic N) is 2. The molecule has 1 fully saturated rings. The fourth-order valence-corrected chi connectivity index (χ4v) is 2.95. The number of anilines is 1. The molecule has 1 heterocycles. The van der Waals surface area contributed by atoms with E-state index in [1.54, 1.807) is 10.9 Å². The van der Waals surface area contributed by atoms with Gasteiger partial charge in [-0.15, -0.1) is 0 Å². The second kappa shape index (κ2) is 6.28. The number of benzene rings is 1. The first-order valence-corrected chi connectivity index (χ1v) is 7.92. The van der Waals surface area contributed by atoms with Crippen molar-refractivity contribution in [1.29, 1.82) is 0 Å². The van der Waals surface area contributed by atoms with Crippen molar-refractivity contribution < 1.29 is 4.79 Å². The largest absolute Gasteiger partial charge is 0.355 e. The zero-order valence-electron chi connectivity index (χ0n) is 13.5. The molecule has 23 heavy (non-hydrogen) atoms. The lowest BCUT2D eigenvalue weighted by atomic mass is 9.94. The quantitative estimate of drug-likeness (QED) is 0.887. The molecule has 0 aliphatic heterocycles. The highest BCUT2D eigenvalue weighted by Gasteiger charge is 2.17.